The molecule has 1 unspecified atom stereocenters. The van der Waals surface area contributed by atoms with Crippen molar-refractivity contribution in [3.8, 4) is 0 Å². The lowest BCUT2D eigenvalue weighted by molar-refractivity contribution is 0.168. The molecule has 1 heterocycles. The lowest BCUT2D eigenvalue weighted by Gasteiger charge is -2.10. The molecule has 2 rings (SSSR count). The third-order valence-electron chi connectivity index (χ3n) is 2.88. The van der Waals surface area contributed by atoms with E-state index in [4.69, 9.17) is 0 Å². The highest BCUT2D eigenvalue weighted by atomic mass is 32.1. The van der Waals surface area contributed by atoms with Crippen LogP contribution in [0.5, 0.6) is 0 Å². The van der Waals surface area contributed by atoms with Gasteiger partial charge in [-0.15, -0.1) is 0 Å². The number of hydrogen-bond acceptors (Lipinski definition) is 2. The predicted molar refractivity (Wildman–Crippen MR) is 68.8 cm³/mol. The molecular formula is C14H16OS. The van der Waals surface area contributed by atoms with Gasteiger partial charge in [0.05, 0.1) is 6.10 Å². The summed E-state index contributed by atoms with van der Waals surface area (Å²) in [6.07, 6.45) is 1.40. The van der Waals surface area contributed by atoms with Crippen molar-refractivity contribution in [1.82, 2.24) is 0 Å². The van der Waals surface area contributed by atoms with Crippen LogP contribution in [0.15, 0.2) is 41.1 Å². The number of aryl methyl sites for hydroxylation is 2. The predicted octanol–water partition coefficient (Wildman–Crippen LogP) is 3.72. The SMILES string of the molecule is Cc1ccccc1CCC(O)c1ccsc1. The van der Waals surface area contributed by atoms with Crippen molar-refractivity contribution in [3.05, 3.63) is 57.8 Å². The molecule has 1 aromatic heterocycles. The van der Waals surface area contributed by atoms with Crippen molar-refractivity contribution in [1.29, 1.82) is 0 Å². The number of rotatable bonds is 4. The van der Waals surface area contributed by atoms with Gasteiger partial charge in [0.15, 0.2) is 0 Å². The number of aliphatic hydroxyl groups is 1. The summed E-state index contributed by atoms with van der Waals surface area (Å²) in [5.41, 5.74) is 3.68. The molecule has 1 N–H and O–H groups in total. The van der Waals surface area contributed by atoms with Gasteiger partial charge >= 0.3 is 0 Å². The van der Waals surface area contributed by atoms with Crippen molar-refractivity contribution < 1.29 is 5.11 Å². The van der Waals surface area contributed by atoms with E-state index in [9.17, 15) is 5.11 Å². The molecule has 16 heavy (non-hydrogen) atoms. The third-order valence-corrected chi connectivity index (χ3v) is 3.58. The van der Waals surface area contributed by atoms with Crippen LogP contribution in [0.4, 0.5) is 0 Å². The normalized spacial score (nSPS) is 12.6. The van der Waals surface area contributed by atoms with E-state index in [-0.39, 0.29) is 6.10 Å². The molecule has 0 fully saturated rings. The van der Waals surface area contributed by atoms with E-state index in [1.165, 1.54) is 11.1 Å². The Morgan fingerprint density at radius 2 is 2.06 bits per heavy atom. The van der Waals surface area contributed by atoms with E-state index in [1.54, 1.807) is 11.3 Å². The summed E-state index contributed by atoms with van der Waals surface area (Å²) in [6.45, 7) is 2.12. The molecule has 1 atom stereocenters. The smallest absolute Gasteiger partial charge is 0.0801 e. The van der Waals surface area contributed by atoms with Gasteiger partial charge in [-0.2, -0.15) is 11.3 Å². The van der Waals surface area contributed by atoms with Crippen molar-refractivity contribution in [3.63, 3.8) is 0 Å². The Hall–Kier alpha value is -1.12. The summed E-state index contributed by atoms with van der Waals surface area (Å²) in [4.78, 5) is 0. The van der Waals surface area contributed by atoms with Crippen LogP contribution in [-0.2, 0) is 6.42 Å². The van der Waals surface area contributed by atoms with Crippen LogP contribution >= 0.6 is 11.3 Å². The largest absolute Gasteiger partial charge is 0.388 e. The lowest BCUT2D eigenvalue weighted by Crippen LogP contribution is -1.99. The van der Waals surface area contributed by atoms with Crippen molar-refractivity contribution in [2.24, 2.45) is 0 Å². The Bertz CT molecular complexity index is 434. The van der Waals surface area contributed by atoms with Crippen molar-refractivity contribution in [2.45, 2.75) is 25.9 Å². The quantitative estimate of drug-likeness (QED) is 0.851. The van der Waals surface area contributed by atoms with Gasteiger partial charge < -0.3 is 5.11 Å². The van der Waals surface area contributed by atoms with E-state index in [0.717, 1.165) is 18.4 Å². The molecule has 1 nitrogen and oxygen atoms in total. The van der Waals surface area contributed by atoms with E-state index >= 15 is 0 Å². The summed E-state index contributed by atoms with van der Waals surface area (Å²) in [5.74, 6) is 0. The molecule has 2 aromatic rings. The highest BCUT2D eigenvalue weighted by Gasteiger charge is 2.08. The molecule has 84 valence electrons. The minimum atomic E-state index is -0.328. The molecule has 0 saturated carbocycles. The van der Waals surface area contributed by atoms with Gasteiger partial charge in [0.25, 0.3) is 0 Å². The number of thiophene rings is 1. The van der Waals surface area contributed by atoms with Crippen LogP contribution < -0.4 is 0 Å². The number of hydrogen-bond donors (Lipinski definition) is 1. The summed E-state index contributed by atoms with van der Waals surface area (Å²) in [6, 6.07) is 10.3. The molecular weight excluding hydrogens is 216 g/mol. The zero-order chi connectivity index (χ0) is 11.4. The van der Waals surface area contributed by atoms with Gasteiger partial charge in [-0.25, -0.2) is 0 Å². The Morgan fingerprint density at radius 3 is 2.75 bits per heavy atom. The summed E-state index contributed by atoms with van der Waals surface area (Å²) < 4.78 is 0. The Morgan fingerprint density at radius 1 is 1.25 bits per heavy atom. The Labute approximate surface area is 100 Å². The van der Waals surface area contributed by atoms with Gasteiger partial charge in [0.1, 0.15) is 0 Å². The highest BCUT2D eigenvalue weighted by Crippen LogP contribution is 2.22. The maximum absolute atomic E-state index is 9.97. The topological polar surface area (TPSA) is 20.2 Å². The maximum Gasteiger partial charge on any atom is 0.0801 e. The fraction of sp³-hybridized carbons (Fsp3) is 0.286. The molecule has 0 saturated heterocycles. The first-order valence-electron chi connectivity index (χ1n) is 5.52. The van der Waals surface area contributed by atoms with Crippen molar-refractivity contribution in [2.75, 3.05) is 0 Å². The maximum atomic E-state index is 9.97. The standard InChI is InChI=1S/C14H16OS/c1-11-4-2-3-5-12(11)6-7-14(15)13-8-9-16-10-13/h2-5,8-10,14-15H,6-7H2,1H3. The minimum Gasteiger partial charge on any atom is -0.388 e. The van der Waals surface area contributed by atoms with Gasteiger partial charge in [0, 0.05) is 0 Å². The average molecular weight is 232 g/mol. The molecule has 0 spiro atoms. The van der Waals surface area contributed by atoms with Crippen LogP contribution in [0.1, 0.15) is 29.2 Å². The van der Waals surface area contributed by atoms with Crippen molar-refractivity contribution >= 4 is 11.3 Å². The fourth-order valence-corrected chi connectivity index (χ4v) is 2.52. The molecule has 0 bridgehead atoms. The van der Waals surface area contributed by atoms with Crippen LogP contribution in [0.3, 0.4) is 0 Å². The zero-order valence-electron chi connectivity index (χ0n) is 9.39. The van der Waals surface area contributed by atoms with Crippen LogP contribution in [0, 0.1) is 6.92 Å². The molecule has 1 aromatic carbocycles. The van der Waals surface area contributed by atoms with Gasteiger partial charge in [-0.05, 0) is 53.3 Å². The second-order valence-electron chi connectivity index (χ2n) is 4.04. The van der Waals surface area contributed by atoms with Crippen LogP contribution in [0.2, 0.25) is 0 Å². The number of benzene rings is 1. The Balaban J connectivity index is 1.95. The zero-order valence-corrected chi connectivity index (χ0v) is 10.2. The molecule has 0 aliphatic rings. The molecule has 0 aliphatic heterocycles. The van der Waals surface area contributed by atoms with Crippen LogP contribution in [0.25, 0.3) is 0 Å². The summed E-state index contributed by atoms with van der Waals surface area (Å²) in [5, 5.41) is 14.0. The highest BCUT2D eigenvalue weighted by molar-refractivity contribution is 7.07. The number of aliphatic hydroxyl groups excluding tert-OH is 1. The molecule has 0 radical (unpaired) electrons. The van der Waals surface area contributed by atoms with E-state index in [2.05, 4.69) is 25.1 Å². The molecule has 0 amide bonds. The monoisotopic (exact) mass is 232 g/mol. The average Bonchev–Trinajstić information content (AvgIpc) is 2.81. The van der Waals surface area contributed by atoms with Gasteiger partial charge in [-0.3, -0.25) is 0 Å². The molecule has 2 heteroatoms. The minimum absolute atomic E-state index is 0.328. The van der Waals surface area contributed by atoms with E-state index in [0.29, 0.717) is 0 Å². The third kappa shape index (κ3) is 2.71. The first kappa shape index (κ1) is 11.4. The Kier molecular flexibility index (Phi) is 3.75. The van der Waals surface area contributed by atoms with Crippen LogP contribution in [-0.4, -0.2) is 5.11 Å². The fourth-order valence-electron chi connectivity index (χ4n) is 1.81. The van der Waals surface area contributed by atoms with E-state index < -0.39 is 0 Å². The van der Waals surface area contributed by atoms with Gasteiger partial charge in [0.2, 0.25) is 0 Å². The first-order chi connectivity index (χ1) is 7.77. The summed E-state index contributed by atoms with van der Waals surface area (Å²) in [7, 11) is 0. The molecule has 0 aliphatic carbocycles. The summed E-state index contributed by atoms with van der Waals surface area (Å²) >= 11 is 1.63. The second-order valence-corrected chi connectivity index (χ2v) is 4.82. The second kappa shape index (κ2) is 5.28. The first-order valence-corrected chi connectivity index (χ1v) is 6.46. The van der Waals surface area contributed by atoms with E-state index in [1.807, 2.05) is 22.9 Å². The van der Waals surface area contributed by atoms with Gasteiger partial charge in [-0.1, -0.05) is 24.3 Å². The lowest BCUT2D eigenvalue weighted by atomic mass is 10.0.